The van der Waals surface area contributed by atoms with Gasteiger partial charge >= 0.3 is 0 Å². The number of halogens is 1. The number of rotatable bonds is 3. The van der Waals surface area contributed by atoms with Crippen LogP contribution in [-0.2, 0) is 12.3 Å². The van der Waals surface area contributed by atoms with E-state index in [0.29, 0.717) is 0 Å². The quantitative estimate of drug-likeness (QED) is 0.878. The molecule has 1 aliphatic heterocycles. The van der Waals surface area contributed by atoms with Crippen molar-refractivity contribution in [2.45, 2.75) is 23.9 Å². The normalized spacial score (nSPS) is 14.1. The molecule has 0 saturated carbocycles. The van der Waals surface area contributed by atoms with Crippen molar-refractivity contribution in [3.8, 4) is 0 Å². The van der Waals surface area contributed by atoms with Gasteiger partial charge in [-0.2, -0.15) is 0 Å². The number of hydrogen-bond acceptors (Lipinski definition) is 4. The van der Waals surface area contributed by atoms with Crippen LogP contribution < -0.4 is 5.32 Å². The highest BCUT2D eigenvalue weighted by Crippen LogP contribution is 2.27. The second-order valence-corrected chi connectivity index (χ2v) is 5.47. The molecule has 0 amide bonds. The van der Waals surface area contributed by atoms with Crippen molar-refractivity contribution in [3.63, 3.8) is 0 Å². The van der Waals surface area contributed by atoms with Gasteiger partial charge in [0.15, 0.2) is 5.16 Å². The molecule has 2 aromatic rings. The zero-order valence-electron chi connectivity index (χ0n) is 9.77. The van der Waals surface area contributed by atoms with Crippen LogP contribution in [0.15, 0.2) is 29.4 Å². The first-order valence-electron chi connectivity index (χ1n) is 5.88. The summed E-state index contributed by atoms with van der Waals surface area (Å²) in [6.45, 7) is 1.97. The van der Waals surface area contributed by atoms with E-state index in [-0.39, 0.29) is 0 Å². The van der Waals surface area contributed by atoms with Gasteiger partial charge in [-0.05, 0) is 18.1 Å². The molecular formula is C12H13ClN4S. The molecule has 0 bridgehead atoms. The summed E-state index contributed by atoms with van der Waals surface area (Å²) in [5.74, 6) is 1.69. The van der Waals surface area contributed by atoms with Crippen molar-refractivity contribution in [1.29, 1.82) is 0 Å². The van der Waals surface area contributed by atoms with Gasteiger partial charge in [-0.3, -0.25) is 4.57 Å². The third kappa shape index (κ3) is 2.33. The summed E-state index contributed by atoms with van der Waals surface area (Å²) in [6, 6.07) is 7.90. The molecule has 6 heteroatoms. The van der Waals surface area contributed by atoms with Gasteiger partial charge in [0.2, 0.25) is 5.95 Å². The first kappa shape index (κ1) is 11.9. The van der Waals surface area contributed by atoms with Crippen LogP contribution in [0.25, 0.3) is 0 Å². The molecule has 4 nitrogen and oxygen atoms in total. The van der Waals surface area contributed by atoms with Crippen molar-refractivity contribution in [3.05, 3.63) is 34.9 Å². The van der Waals surface area contributed by atoms with E-state index in [4.69, 9.17) is 11.6 Å². The highest BCUT2D eigenvalue weighted by Gasteiger charge is 2.15. The van der Waals surface area contributed by atoms with Crippen LogP contribution in [0, 0.1) is 0 Å². The molecule has 0 unspecified atom stereocenters. The molecule has 2 heterocycles. The number of hydrogen-bond donors (Lipinski definition) is 1. The SMILES string of the molecule is Clc1ccccc1CSc1nnc2n1CCCN2. The molecule has 1 aromatic carbocycles. The molecule has 18 heavy (non-hydrogen) atoms. The minimum atomic E-state index is 0.807. The van der Waals surface area contributed by atoms with E-state index in [1.54, 1.807) is 11.8 Å². The summed E-state index contributed by atoms with van der Waals surface area (Å²) in [5.41, 5.74) is 1.13. The molecule has 0 atom stereocenters. The Kier molecular flexibility index (Phi) is 3.43. The summed E-state index contributed by atoms with van der Waals surface area (Å²) in [4.78, 5) is 0. The third-order valence-corrected chi connectivity index (χ3v) is 4.26. The van der Waals surface area contributed by atoms with Crippen molar-refractivity contribution in [2.24, 2.45) is 0 Å². The monoisotopic (exact) mass is 280 g/mol. The van der Waals surface area contributed by atoms with E-state index in [9.17, 15) is 0 Å². The third-order valence-electron chi connectivity index (χ3n) is 2.87. The Hall–Kier alpha value is -1.20. The maximum absolute atomic E-state index is 6.14. The molecule has 0 saturated heterocycles. The van der Waals surface area contributed by atoms with Crippen LogP contribution in [-0.4, -0.2) is 21.3 Å². The minimum Gasteiger partial charge on any atom is -0.354 e. The van der Waals surface area contributed by atoms with E-state index in [2.05, 4.69) is 20.1 Å². The van der Waals surface area contributed by atoms with Gasteiger partial charge in [0.25, 0.3) is 0 Å². The molecule has 0 radical (unpaired) electrons. The summed E-state index contributed by atoms with van der Waals surface area (Å²) < 4.78 is 2.13. The van der Waals surface area contributed by atoms with Gasteiger partial charge in [0.1, 0.15) is 0 Å². The number of nitrogens with one attached hydrogen (secondary N) is 1. The largest absolute Gasteiger partial charge is 0.354 e. The van der Waals surface area contributed by atoms with E-state index in [1.165, 1.54) is 0 Å². The summed E-state index contributed by atoms with van der Waals surface area (Å²) in [6.07, 6.45) is 1.12. The second-order valence-electron chi connectivity index (χ2n) is 4.12. The van der Waals surface area contributed by atoms with Gasteiger partial charge in [0.05, 0.1) is 0 Å². The van der Waals surface area contributed by atoms with E-state index in [0.717, 1.165) is 47.0 Å². The van der Waals surface area contributed by atoms with Gasteiger partial charge in [-0.25, -0.2) is 0 Å². The number of thioether (sulfide) groups is 1. The van der Waals surface area contributed by atoms with Crippen molar-refractivity contribution >= 4 is 29.3 Å². The molecule has 94 valence electrons. The molecule has 1 N–H and O–H groups in total. The number of anilines is 1. The van der Waals surface area contributed by atoms with Gasteiger partial charge in [-0.15, -0.1) is 10.2 Å². The average molecular weight is 281 g/mol. The van der Waals surface area contributed by atoms with E-state index >= 15 is 0 Å². The van der Waals surface area contributed by atoms with E-state index in [1.807, 2.05) is 24.3 Å². The van der Waals surface area contributed by atoms with Crippen LogP contribution in [0.1, 0.15) is 12.0 Å². The first-order chi connectivity index (χ1) is 8.84. The Labute approximate surface area is 115 Å². The first-order valence-corrected chi connectivity index (χ1v) is 7.24. The molecule has 0 spiro atoms. The topological polar surface area (TPSA) is 42.7 Å². The van der Waals surface area contributed by atoms with Crippen LogP contribution in [0.2, 0.25) is 5.02 Å². The van der Waals surface area contributed by atoms with Gasteiger partial charge in [-0.1, -0.05) is 41.6 Å². The predicted octanol–water partition coefficient (Wildman–Crippen LogP) is 3.04. The average Bonchev–Trinajstić information content (AvgIpc) is 2.81. The van der Waals surface area contributed by atoms with Crippen LogP contribution in [0.5, 0.6) is 0 Å². The lowest BCUT2D eigenvalue weighted by atomic mass is 10.2. The smallest absolute Gasteiger partial charge is 0.225 e. The number of benzene rings is 1. The number of fused-ring (bicyclic) bond motifs is 1. The minimum absolute atomic E-state index is 0.807. The maximum atomic E-state index is 6.14. The van der Waals surface area contributed by atoms with Gasteiger partial charge < -0.3 is 5.32 Å². The van der Waals surface area contributed by atoms with Crippen LogP contribution in [0.3, 0.4) is 0 Å². The predicted molar refractivity (Wildman–Crippen MR) is 74.1 cm³/mol. The Bertz CT molecular complexity index is 555. The van der Waals surface area contributed by atoms with Gasteiger partial charge in [0, 0.05) is 23.9 Å². The lowest BCUT2D eigenvalue weighted by molar-refractivity contribution is 0.583. The van der Waals surface area contributed by atoms with Crippen molar-refractivity contribution < 1.29 is 0 Å². The molecule has 1 aliphatic rings. The van der Waals surface area contributed by atoms with Crippen LogP contribution >= 0.6 is 23.4 Å². The zero-order valence-corrected chi connectivity index (χ0v) is 11.3. The zero-order chi connectivity index (χ0) is 12.4. The summed E-state index contributed by atoms with van der Waals surface area (Å²) >= 11 is 7.81. The maximum Gasteiger partial charge on any atom is 0.225 e. The standard InChI is InChI=1S/C12H13ClN4S/c13-10-5-2-1-4-9(10)8-18-12-16-15-11-14-6-3-7-17(11)12/h1-2,4-5H,3,6-8H2,(H,14,15). The Morgan fingerprint density at radius 2 is 2.22 bits per heavy atom. The van der Waals surface area contributed by atoms with Crippen LogP contribution in [0.4, 0.5) is 5.95 Å². The fourth-order valence-electron chi connectivity index (χ4n) is 1.92. The fourth-order valence-corrected chi connectivity index (χ4v) is 3.17. The van der Waals surface area contributed by atoms with Crippen molar-refractivity contribution in [1.82, 2.24) is 14.8 Å². The molecule has 1 aromatic heterocycles. The Balaban J connectivity index is 1.74. The lowest BCUT2D eigenvalue weighted by Crippen LogP contribution is -2.17. The Morgan fingerprint density at radius 3 is 3.11 bits per heavy atom. The lowest BCUT2D eigenvalue weighted by Gasteiger charge is -2.15. The molecule has 3 rings (SSSR count). The molecular weight excluding hydrogens is 268 g/mol. The Morgan fingerprint density at radius 1 is 1.33 bits per heavy atom. The highest BCUT2D eigenvalue weighted by atomic mass is 35.5. The molecule has 0 aliphatic carbocycles. The fraction of sp³-hybridized carbons (Fsp3) is 0.333. The second kappa shape index (κ2) is 5.20. The number of nitrogens with zero attached hydrogens (tertiary/aromatic N) is 3. The highest BCUT2D eigenvalue weighted by molar-refractivity contribution is 7.98. The van der Waals surface area contributed by atoms with Crippen molar-refractivity contribution in [2.75, 3.05) is 11.9 Å². The summed E-state index contributed by atoms with van der Waals surface area (Å²) in [5, 5.41) is 13.4. The number of aromatic nitrogens is 3. The summed E-state index contributed by atoms with van der Waals surface area (Å²) in [7, 11) is 0. The molecule has 0 fully saturated rings. The van der Waals surface area contributed by atoms with E-state index < -0.39 is 0 Å².